The van der Waals surface area contributed by atoms with Crippen LogP contribution in [0.1, 0.15) is 17.4 Å². The van der Waals surface area contributed by atoms with Crippen LogP contribution in [0.4, 0.5) is 14.9 Å². The van der Waals surface area contributed by atoms with E-state index in [1.54, 1.807) is 12.1 Å². The molecule has 6 heteroatoms. The smallest absolute Gasteiger partial charge is 0.319 e. The standard InChI is InChI=1S/C14H15FN2O2S/c15-10-4-1-2-5-11(10)17-14(19)16-8-7-12(18)13-6-3-9-20-13/h1-6,9,12,18H,7-8H2,(H2,16,17,19). The van der Waals surface area contributed by atoms with E-state index >= 15 is 0 Å². The molecule has 2 aromatic rings. The molecule has 1 aromatic heterocycles. The van der Waals surface area contributed by atoms with Gasteiger partial charge in [0.2, 0.25) is 0 Å². The van der Waals surface area contributed by atoms with Crippen LogP contribution in [0.15, 0.2) is 41.8 Å². The van der Waals surface area contributed by atoms with E-state index in [0.29, 0.717) is 13.0 Å². The summed E-state index contributed by atoms with van der Waals surface area (Å²) in [4.78, 5) is 12.4. The van der Waals surface area contributed by atoms with Crippen LogP contribution in [0.3, 0.4) is 0 Å². The average molecular weight is 294 g/mol. The number of hydrogen-bond acceptors (Lipinski definition) is 3. The van der Waals surface area contributed by atoms with Crippen molar-refractivity contribution < 1.29 is 14.3 Å². The SMILES string of the molecule is O=C(NCCC(O)c1cccs1)Nc1ccccc1F. The lowest BCUT2D eigenvalue weighted by Gasteiger charge is -2.11. The summed E-state index contributed by atoms with van der Waals surface area (Å²) in [5.74, 6) is -0.485. The van der Waals surface area contributed by atoms with E-state index in [4.69, 9.17) is 0 Å². The molecule has 1 aromatic carbocycles. The number of aliphatic hydroxyl groups excluding tert-OH is 1. The Hall–Kier alpha value is -1.92. The molecular weight excluding hydrogens is 279 g/mol. The third kappa shape index (κ3) is 4.04. The van der Waals surface area contributed by atoms with Crippen LogP contribution in [0.2, 0.25) is 0 Å². The third-order valence-corrected chi connectivity index (χ3v) is 3.67. The predicted octanol–water partition coefficient (Wildman–Crippen LogP) is 3.13. The molecule has 0 radical (unpaired) electrons. The summed E-state index contributed by atoms with van der Waals surface area (Å²) in [5, 5.41) is 16.7. The normalized spacial score (nSPS) is 11.9. The molecule has 1 heterocycles. The topological polar surface area (TPSA) is 61.4 Å². The quantitative estimate of drug-likeness (QED) is 0.793. The number of benzene rings is 1. The molecule has 2 amide bonds. The van der Waals surface area contributed by atoms with Gasteiger partial charge in [0.15, 0.2) is 0 Å². The minimum absolute atomic E-state index is 0.129. The Morgan fingerprint density at radius 3 is 2.80 bits per heavy atom. The molecule has 1 atom stereocenters. The van der Waals surface area contributed by atoms with Crippen LogP contribution in [0.5, 0.6) is 0 Å². The zero-order valence-electron chi connectivity index (χ0n) is 10.7. The Morgan fingerprint density at radius 1 is 1.30 bits per heavy atom. The summed E-state index contributed by atoms with van der Waals surface area (Å²) in [7, 11) is 0. The molecule has 106 valence electrons. The molecule has 0 aliphatic carbocycles. The number of anilines is 1. The van der Waals surface area contributed by atoms with E-state index in [0.717, 1.165) is 4.88 Å². The zero-order chi connectivity index (χ0) is 14.4. The first-order chi connectivity index (χ1) is 9.66. The fourth-order valence-electron chi connectivity index (χ4n) is 1.67. The number of carbonyl (C=O) groups is 1. The van der Waals surface area contributed by atoms with Crippen LogP contribution in [-0.2, 0) is 0 Å². The Labute approximate surface area is 120 Å². The number of thiophene rings is 1. The van der Waals surface area contributed by atoms with Crippen molar-refractivity contribution in [1.29, 1.82) is 0 Å². The summed E-state index contributed by atoms with van der Waals surface area (Å²) in [6.45, 7) is 0.305. The molecule has 0 saturated heterocycles. The highest BCUT2D eigenvalue weighted by Gasteiger charge is 2.09. The molecule has 0 aliphatic heterocycles. The largest absolute Gasteiger partial charge is 0.388 e. The van der Waals surface area contributed by atoms with Crippen LogP contribution in [0.25, 0.3) is 0 Å². The van der Waals surface area contributed by atoms with Gasteiger partial charge in [0.05, 0.1) is 11.8 Å². The zero-order valence-corrected chi connectivity index (χ0v) is 11.5. The average Bonchev–Trinajstić information content (AvgIpc) is 2.95. The molecule has 0 spiro atoms. The van der Waals surface area contributed by atoms with Gasteiger partial charge in [-0.15, -0.1) is 11.3 Å². The van der Waals surface area contributed by atoms with Gasteiger partial charge in [-0.05, 0) is 30.0 Å². The van der Waals surface area contributed by atoms with Crippen LogP contribution in [-0.4, -0.2) is 17.7 Å². The highest BCUT2D eigenvalue weighted by Crippen LogP contribution is 2.20. The summed E-state index contributed by atoms with van der Waals surface area (Å²) in [5.41, 5.74) is 0.129. The number of hydrogen-bond donors (Lipinski definition) is 3. The molecule has 2 rings (SSSR count). The molecule has 1 unspecified atom stereocenters. The second kappa shape index (κ2) is 7.02. The third-order valence-electron chi connectivity index (χ3n) is 2.70. The highest BCUT2D eigenvalue weighted by molar-refractivity contribution is 7.10. The minimum atomic E-state index is -0.594. The second-order valence-electron chi connectivity index (χ2n) is 4.18. The first kappa shape index (κ1) is 14.5. The first-order valence-corrected chi connectivity index (χ1v) is 7.05. The Bertz CT molecular complexity index is 560. The van der Waals surface area contributed by atoms with E-state index in [9.17, 15) is 14.3 Å². The van der Waals surface area contributed by atoms with E-state index in [1.165, 1.54) is 23.5 Å². The maximum Gasteiger partial charge on any atom is 0.319 e. The fraction of sp³-hybridized carbons (Fsp3) is 0.214. The van der Waals surface area contributed by atoms with Gasteiger partial charge < -0.3 is 15.7 Å². The lowest BCUT2D eigenvalue weighted by molar-refractivity contribution is 0.171. The van der Waals surface area contributed by atoms with Crippen molar-refractivity contribution >= 4 is 23.1 Å². The lowest BCUT2D eigenvalue weighted by atomic mass is 10.2. The van der Waals surface area contributed by atoms with E-state index in [1.807, 2.05) is 17.5 Å². The van der Waals surface area contributed by atoms with E-state index in [2.05, 4.69) is 10.6 Å². The molecule has 4 nitrogen and oxygen atoms in total. The van der Waals surface area contributed by atoms with E-state index in [-0.39, 0.29) is 5.69 Å². The molecule has 0 bridgehead atoms. The van der Waals surface area contributed by atoms with Crippen molar-refractivity contribution in [2.75, 3.05) is 11.9 Å². The van der Waals surface area contributed by atoms with Gasteiger partial charge in [-0.2, -0.15) is 0 Å². The van der Waals surface area contributed by atoms with Crippen LogP contribution >= 0.6 is 11.3 Å². The lowest BCUT2D eigenvalue weighted by Crippen LogP contribution is -2.30. The molecule has 3 N–H and O–H groups in total. The van der Waals surface area contributed by atoms with Crippen molar-refractivity contribution in [3.8, 4) is 0 Å². The Balaban J connectivity index is 1.74. The van der Waals surface area contributed by atoms with Gasteiger partial charge in [0.25, 0.3) is 0 Å². The summed E-state index contributed by atoms with van der Waals surface area (Å²) in [6, 6.07) is 9.16. The van der Waals surface area contributed by atoms with Gasteiger partial charge >= 0.3 is 6.03 Å². The van der Waals surface area contributed by atoms with Crippen molar-refractivity contribution in [3.05, 3.63) is 52.5 Å². The summed E-state index contributed by atoms with van der Waals surface area (Å²) in [6.07, 6.45) is -0.186. The number of halogens is 1. The second-order valence-corrected chi connectivity index (χ2v) is 5.16. The van der Waals surface area contributed by atoms with Crippen molar-refractivity contribution in [3.63, 3.8) is 0 Å². The number of aliphatic hydroxyl groups is 1. The monoisotopic (exact) mass is 294 g/mol. The summed E-state index contributed by atoms with van der Waals surface area (Å²) < 4.78 is 13.3. The Morgan fingerprint density at radius 2 is 2.10 bits per heavy atom. The molecule has 0 saturated carbocycles. The van der Waals surface area contributed by atoms with Crippen molar-refractivity contribution in [1.82, 2.24) is 5.32 Å². The predicted molar refractivity (Wildman–Crippen MR) is 77.3 cm³/mol. The van der Waals surface area contributed by atoms with Crippen LogP contribution in [0, 0.1) is 5.82 Å². The molecule has 20 heavy (non-hydrogen) atoms. The maximum absolute atomic E-state index is 13.3. The van der Waals surface area contributed by atoms with Crippen LogP contribution < -0.4 is 10.6 Å². The number of carbonyl (C=O) groups excluding carboxylic acids is 1. The number of para-hydroxylation sites is 1. The van der Waals surface area contributed by atoms with Gasteiger partial charge in [-0.3, -0.25) is 0 Å². The molecular formula is C14H15FN2O2S. The number of nitrogens with one attached hydrogen (secondary N) is 2. The first-order valence-electron chi connectivity index (χ1n) is 6.17. The van der Waals surface area contributed by atoms with Gasteiger partial charge in [-0.1, -0.05) is 18.2 Å². The van der Waals surface area contributed by atoms with Gasteiger partial charge in [-0.25, -0.2) is 9.18 Å². The maximum atomic E-state index is 13.3. The molecule has 0 fully saturated rings. The minimum Gasteiger partial charge on any atom is -0.388 e. The fourth-order valence-corrected chi connectivity index (χ4v) is 2.42. The molecule has 0 aliphatic rings. The summed E-state index contributed by atoms with van der Waals surface area (Å²) >= 11 is 1.47. The van der Waals surface area contributed by atoms with Crippen molar-refractivity contribution in [2.24, 2.45) is 0 Å². The van der Waals surface area contributed by atoms with E-state index < -0.39 is 18.0 Å². The number of amides is 2. The highest BCUT2D eigenvalue weighted by atomic mass is 32.1. The van der Waals surface area contributed by atoms with Gasteiger partial charge in [0.1, 0.15) is 5.82 Å². The van der Waals surface area contributed by atoms with Crippen molar-refractivity contribution in [2.45, 2.75) is 12.5 Å². The Kier molecular flexibility index (Phi) is 5.09. The van der Waals surface area contributed by atoms with Gasteiger partial charge in [0, 0.05) is 11.4 Å². The number of rotatable bonds is 5. The number of urea groups is 1.